The molecular weight excluding hydrogens is 322 g/mol. The van der Waals surface area contributed by atoms with E-state index in [0.717, 1.165) is 23.1 Å². The number of fused-ring (bicyclic) bond motifs is 1. The molecule has 6 heteroatoms. The molecule has 2 amide bonds. The lowest BCUT2D eigenvalue weighted by atomic mass is 10.1. The first-order chi connectivity index (χ1) is 11.7. The maximum atomic E-state index is 12.5. The highest BCUT2D eigenvalue weighted by Crippen LogP contribution is 2.23. The molecule has 0 unspecified atom stereocenters. The van der Waals surface area contributed by atoms with E-state index in [1.54, 1.807) is 35.8 Å². The number of amides is 2. The van der Waals surface area contributed by atoms with Gasteiger partial charge in [0.25, 0.3) is 11.8 Å². The molecule has 0 saturated heterocycles. The minimum absolute atomic E-state index is 0.147. The minimum atomic E-state index is -0.239. The largest absolute Gasteiger partial charge is 0.349 e. The molecule has 24 heavy (non-hydrogen) atoms. The quantitative estimate of drug-likeness (QED) is 0.766. The Morgan fingerprint density at radius 3 is 2.75 bits per heavy atom. The smallest absolute Gasteiger partial charge is 0.255 e. The molecule has 2 aromatic carbocycles. The zero-order valence-electron chi connectivity index (χ0n) is 12.8. The zero-order valence-corrected chi connectivity index (χ0v) is 13.6. The van der Waals surface area contributed by atoms with E-state index in [1.807, 2.05) is 12.1 Å². The van der Waals surface area contributed by atoms with Gasteiger partial charge >= 0.3 is 0 Å². The summed E-state index contributed by atoms with van der Waals surface area (Å²) in [6, 6.07) is 12.7. The van der Waals surface area contributed by atoms with E-state index in [0.29, 0.717) is 16.8 Å². The predicted octanol–water partition coefficient (Wildman–Crippen LogP) is 3.44. The molecule has 5 nitrogen and oxygen atoms in total. The number of carbonyl (C=O) groups is 2. The Morgan fingerprint density at radius 2 is 1.92 bits per heavy atom. The summed E-state index contributed by atoms with van der Waals surface area (Å²) in [6.07, 6.45) is 2.05. The molecule has 0 aliphatic heterocycles. The molecule has 1 saturated carbocycles. The van der Waals surface area contributed by atoms with Crippen molar-refractivity contribution in [2.24, 2.45) is 0 Å². The SMILES string of the molecule is O=C(Nc1ccccc1C(=O)NC1CC1)c1ccc2ncsc2c1. The lowest BCUT2D eigenvalue weighted by Crippen LogP contribution is -2.27. The molecule has 0 atom stereocenters. The van der Waals surface area contributed by atoms with Crippen LogP contribution >= 0.6 is 11.3 Å². The van der Waals surface area contributed by atoms with Gasteiger partial charge in [-0.1, -0.05) is 12.1 Å². The Labute approximate surface area is 142 Å². The summed E-state index contributed by atoms with van der Waals surface area (Å²) in [6.45, 7) is 0. The second-order valence-electron chi connectivity index (χ2n) is 5.78. The molecule has 120 valence electrons. The average Bonchev–Trinajstić information content (AvgIpc) is 3.28. The second kappa shape index (κ2) is 6.05. The topological polar surface area (TPSA) is 71.1 Å². The zero-order chi connectivity index (χ0) is 16.5. The summed E-state index contributed by atoms with van der Waals surface area (Å²) >= 11 is 1.49. The standard InChI is InChI=1S/C18H15N3O2S/c22-17(11-5-8-15-16(9-11)24-10-19-15)21-14-4-2-1-3-13(14)18(23)20-12-6-7-12/h1-5,8-10,12H,6-7H2,(H,20,23)(H,21,22). The molecule has 2 N–H and O–H groups in total. The number of nitrogens with one attached hydrogen (secondary N) is 2. The van der Waals surface area contributed by atoms with Crippen molar-refractivity contribution in [3.05, 3.63) is 59.1 Å². The number of para-hydroxylation sites is 1. The van der Waals surface area contributed by atoms with Crippen molar-refractivity contribution in [3.8, 4) is 0 Å². The van der Waals surface area contributed by atoms with E-state index in [1.165, 1.54) is 11.3 Å². The summed E-state index contributed by atoms with van der Waals surface area (Å²) in [7, 11) is 0. The number of carbonyl (C=O) groups excluding carboxylic acids is 2. The molecule has 3 aromatic rings. The molecule has 0 bridgehead atoms. The number of rotatable bonds is 4. The number of nitrogens with zero attached hydrogens (tertiary/aromatic N) is 1. The van der Waals surface area contributed by atoms with Crippen LogP contribution in [0, 0.1) is 0 Å². The highest BCUT2D eigenvalue weighted by Gasteiger charge is 2.25. The number of thiazole rings is 1. The normalized spacial score (nSPS) is 13.7. The van der Waals surface area contributed by atoms with Crippen LogP contribution in [0.15, 0.2) is 48.0 Å². The number of hydrogen-bond acceptors (Lipinski definition) is 4. The van der Waals surface area contributed by atoms with Gasteiger partial charge in [0.15, 0.2) is 0 Å². The molecule has 1 heterocycles. The van der Waals surface area contributed by atoms with E-state index in [9.17, 15) is 9.59 Å². The molecule has 0 radical (unpaired) electrons. The van der Waals surface area contributed by atoms with Crippen LogP contribution in [0.25, 0.3) is 10.2 Å². The lowest BCUT2D eigenvalue weighted by molar-refractivity contribution is 0.0952. The van der Waals surface area contributed by atoms with Crippen LogP contribution in [-0.4, -0.2) is 22.8 Å². The molecule has 4 rings (SSSR count). The predicted molar refractivity (Wildman–Crippen MR) is 94.5 cm³/mol. The van der Waals surface area contributed by atoms with Gasteiger partial charge in [-0.2, -0.15) is 0 Å². The van der Waals surface area contributed by atoms with Crippen LogP contribution in [0.2, 0.25) is 0 Å². The number of benzene rings is 2. The van der Waals surface area contributed by atoms with Gasteiger partial charge in [-0.25, -0.2) is 4.98 Å². The second-order valence-corrected chi connectivity index (χ2v) is 6.67. The van der Waals surface area contributed by atoms with Crippen molar-refractivity contribution in [2.45, 2.75) is 18.9 Å². The third kappa shape index (κ3) is 3.00. The first-order valence-corrected chi connectivity index (χ1v) is 8.63. The van der Waals surface area contributed by atoms with Crippen LogP contribution < -0.4 is 10.6 Å². The summed E-state index contributed by atoms with van der Waals surface area (Å²) in [5, 5.41) is 5.79. The summed E-state index contributed by atoms with van der Waals surface area (Å²) in [4.78, 5) is 29.0. The molecule has 1 fully saturated rings. The van der Waals surface area contributed by atoms with Gasteiger partial charge in [-0.3, -0.25) is 9.59 Å². The van der Waals surface area contributed by atoms with Crippen LogP contribution in [-0.2, 0) is 0 Å². The monoisotopic (exact) mass is 337 g/mol. The van der Waals surface area contributed by atoms with Gasteiger partial charge in [0.05, 0.1) is 27.0 Å². The van der Waals surface area contributed by atoms with Crippen LogP contribution in [0.3, 0.4) is 0 Å². The van der Waals surface area contributed by atoms with Crippen molar-refractivity contribution in [1.82, 2.24) is 10.3 Å². The Balaban J connectivity index is 1.57. The highest BCUT2D eigenvalue weighted by atomic mass is 32.1. The van der Waals surface area contributed by atoms with Crippen LogP contribution in [0.1, 0.15) is 33.6 Å². The van der Waals surface area contributed by atoms with E-state index >= 15 is 0 Å². The Kier molecular flexibility index (Phi) is 3.74. The fourth-order valence-electron chi connectivity index (χ4n) is 2.47. The van der Waals surface area contributed by atoms with Gasteiger partial charge in [0.1, 0.15) is 0 Å². The number of hydrogen-bond donors (Lipinski definition) is 2. The summed E-state index contributed by atoms with van der Waals surface area (Å²) in [5.74, 6) is -0.386. The maximum Gasteiger partial charge on any atom is 0.255 e. The number of anilines is 1. The van der Waals surface area contributed by atoms with Crippen molar-refractivity contribution < 1.29 is 9.59 Å². The highest BCUT2D eigenvalue weighted by molar-refractivity contribution is 7.16. The molecular formula is C18H15N3O2S. The van der Waals surface area contributed by atoms with Gasteiger partial charge in [-0.15, -0.1) is 11.3 Å². The van der Waals surface area contributed by atoms with Gasteiger partial charge in [-0.05, 0) is 43.2 Å². The maximum absolute atomic E-state index is 12.5. The first-order valence-electron chi connectivity index (χ1n) is 7.75. The van der Waals surface area contributed by atoms with Crippen molar-refractivity contribution in [3.63, 3.8) is 0 Å². The molecule has 1 aromatic heterocycles. The Bertz CT molecular complexity index is 931. The molecule has 0 spiro atoms. The van der Waals surface area contributed by atoms with Crippen LogP contribution in [0.5, 0.6) is 0 Å². The fourth-order valence-corrected chi connectivity index (χ4v) is 3.19. The molecule has 1 aliphatic carbocycles. The van der Waals surface area contributed by atoms with Gasteiger partial charge < -0.3 is 10.6 Å². The van der Waals surface area contributed by atoms with Crippen molar-refractivity contribution in [1.29, 1.82) is 0 Å². The lowest BCUT2D eigenvalue weighted by Gasteiger charge is -2.11. The third-order valence-electron chi connectivity index (χ3n) is 3.93. The Morgan fingerprint density at radius 1 is 1.08 bits per heavy atom. The van der Waals surface area contributed by atoms with Crippen LogP contribution in [0.4, 0.5) is 5.69 Å². The number of aromatic nitrogens is 1. The fraction of sp³-hybridized carbons (Fsp3) is 0.167. The van der Waals surface area contributed by atoms with Crippen molar-refractivity contribution in [2.75, 3.05) is 5.32 Å². The van der Waals surface area contributed by atoms with E-state index < -0.39 is 0 Å². The van der Waals surface area contributed by atoms with Crippen molar-refractivity contribution >= 4 is 39.1 Å². The average molecular weight is 337 g/mol. The van der Waals surface area contributed by atoms with E-state index in [4.69, 9.17) is 0 Å². The van der Waals surface area contributed by atoms with Gasteiger partial charge in [0, 0.05) is 11.6 Å². The minimum Gasteiger partial charge on any atom is -0.349 e. The van der Waals surface area contributed by atoms with Gasteiger partial charge in [0.2, 0.25) is 0 Å². The third-order valence-corrected chi connectivity index (χ3v) is 4.72. The summed E-state index contributed by atoms with van der Waals surface area (Å²) in [5.41, 5.74) is 4.18. The Hall–Kier alpha value is -2.73. The van der Waals surface area contributed by atoms with E-state index in [2.05, 4.69) is 15.6 Å². The first kappa shape index (κ1) is 14.8. The van der Waals surface area contributed by atoms with E-state index in [-0.39, 0.29) is 17.9 Å². The summed E-state index contributed by atoms with van der Waals surface area (Å²) < 4.78 is 0.961. The molecule has 1 aliphatic rings.